The lowest BCUT2D eigenvalue weighted by atomic mass is 9.59. The van der Waals surface area contributed by atoms with E-state index in [1.54, 1.807) is 6.08 Å². The number of aromatic hydroxyl groups is 1. The van der Waals surface area contributed by atoms with Crippen LogP contribution in [0, 0.1) is 17.8 Å². The van der Waals surface area contributed by atoms with Crippen molar-refractivity contribution >= 4 is 56.6 Å². The van der Waals surface area contributed by atoms with E-state index in [-0.39, 0.29) is 50.9 Å². The van der Waals surface area contributed by atoms with Crippen LogP contribution in [-0.2, 0) is 31.5 Å². The maximum absolute atomic E-state index is 13.9. The number of carbonyl (C=O) groups is 4. The van der Waals surface area contributed by atoms with Gasteiger partial charge in [0.05, 0.1) is 33.1 Å². The molecule has 0 aromatic heterocycles. The van der Waals surface area contributed by atoms with E-state index in [0.29, 0.717) is 22.6 Å². The van der Waals surface area contributed by atoms with Gasteiger partial charge in [-0.05, 0) is 71.1 Å². The highest BCUT2D eigenvalue weighted by Gasteiger charge is 2.57. The minimum Gasteiger partial charge on any atom is -0.508 e. The molecule has 6 rings (SSSR count). The Bertz CT molecular complexity index is 1760. The van der Waals surface area contributed by atoms with Gasteiger partial charge in [-0.25, -0.2) is 4.90 Å². The van der Waals surface area contributed by atoms with Crippen molar-refractivity contribution in [3.05, 3.63) is 91.5 Å². The SMILES string of the molecule is O=C1C=C(Br)C(=O)C2=C1[C@@H](c1cc(Cl)ccc1O)C1=CC[C@@H]3C(=O)N(c4cc(C(F)(F)F)cc(C(F)(F)F)c4)C(=O)[C@@H]3[C@@H]1C2. The second-order valence-electron chi connectivity index (χ2n) is 10.9. The number of phenolic OH excluding ortho intramolecular Hbond substituents is 1. The third kappa shape index (κ3) is 4.71. The molecule has 0 saturated carbocycles. The maximum Gasteiger partial charge on any atom is 0.416 e. The molecule has 0 bridgehead atoms. The Kier molecular flexibility index (Phi) is 7.00. The molecule has 1 heterocycles. The van der Waals surface area contributed by atoms with Crippen LogP contribution >= 0.6 is 27.5 Å². The Hall–Kier alpha value is -3.71. The molecule has 44 heavy (non-hydrogen) atoms. The van der Waals surface area contributed by atoms with Crippen molar-refractivity contribution in [2.75, 3.05) is 4.90 Å². The fourth-order valence-corrected chi connectivity index (χ4v) is 7.27. The summed E-state index contributed by atoms with van der Waals surface area (Å²) in [5, 5.41) is 11.0. The number of fused-ring (bicyclic) bond motifs is 3. The van der Waals surface area contributed by atoms with Crippen LogP contribution in [0.4, 0.5) is 32.0 Å². The first-order valence-electron chi connectivity index (χ1n) is 13.0. The zero-order valence-corrected chi connectivity index (χ0v) is 24.2. The van der Waals surface area contributed by atoms with Crippen LogP contribution in [-0.4, -0.2) is 28.5 Å². The molecule has 2 aromatic carbocycles. The van der Waals surface area contributed by atoms with Crippen molar-refractivity contribution in [1.82, 2.24) is 0 Å². The Morgan fingerprint density at radius 3 is 2.14 bits per heavy atom. The van der Waals surface area contributed by atoms with E-state index >= 15 is 0 Å². The highest BCUT2D eigenvalue weighted by Crippen LogP contribution is 2.57. The number of benzene rings is 2. The van der Waals surface area contributed by atoms with E-state index in [0.717, 1.165) is 6.08 Å². The fourth-order valence-electron chi connectivity index (χ4n) is 6.64. The van der Waals surface area contributed by atoms with Gasteiger partial charge in [-0.1, -0.05) is 23.3 Å². The van der Waals surface area contributed by atoms with Crippen molar-refractivity contribution in [3.63, 3.8) is 0 Å². The molecule has 0 unspecified atom stereocenters. The molecule has 2 aromatic rings. The Balaban J connectivity index is 1.49. The first-order chi connectivity index (χ1) is 20.5. The molecule has 1 saturated heterocycles. The predicted molar refractivity (Wildman–Crippen MR) is 147 cm³/mol. The van der Waals surface area contributed by atoms with Crippen molar-refractivity contribution < 1.29 is 50.6 Å². The van der Waals surface area contributed by atoms with Crippen LogP contribution in [0.3, 0.4) is 0 Å². The molecule has 2 amide bonds. The molecule has 1 aliphatic heterocycles. The zero-order chi connectivity index (χ0) is 32.0. The number of hydrogen-bond donors (Lipinski definition) is 1. The Labute approximate surface area is 257 Å². The van der Waals surface area contributed by atoms with Crippen LogP contribution in [0.2, 0.25) is 5.02 Å². The summed E-state index contributed by atoms with van der Waals surface area (Å²) in [6.07, 6.45) is -8.11. The van der Waals surface area contributed by atoms with Gasteiger partial charge < -0.3 is 5.11 Å². The molecule has 6 nitrogen and oxygen atoms in total. The van der Waals surface area contributed by atoms with Gasteiger partial charge in [0.2, 0.25) is 11.8 Å². The highest BCUT2D eigenvalue weighted by molar-refractivity contribution is 9.12. The Morgan fingerprint density at radius 1 is 0.886 bits per heavy atom. The molecule has 1 N–H and O–H groups in total. The second kappa shape index (κ2) is 10.2. The first-order valence-corrected chi connectivity index (χ1v) is 14.2. The van der Waals surface area contributed by atoms with Crippen LogP contribution in [0.5, 0.6) is 5.75 Å². The predicted octanol–water partition coefficient (Wildman–Crippen LogP) is 7.05. The molecule has 0 spiro atoms. The maximum atomic E-state index is 13.9. The number of hydrogen-bond acceptors (Lipinski definition) is 5. The van der Waals surface area contributed by atoms with Gasteiger partial charge in [0.1, 0.15) is 5.75 Å². The van der Waals surface area contributed by atoms with Gasteiger partial charge in [0.15, 0.2) is 11.6 Å². The minimum atomic E-state index is -5.21. The van der Waals surface area contributed by atoms with E-state index < -0.39 is 76.2 Å². The number of ketones is 2. The molecule has 228 valence electrons. The zero-order valence-electron chi connectivity index (χ0n) is 21.9. The number of halogens is 8. The number of allylic oxidation sites excluding steroid dienone is 6. The van der Waals surface area contributed by atoms with Gasteiger partial charge in [-0.3, -0.25) is 19.2 Å². The van der Waals surface area contributed by atoms with Gasteiger partial charge in [-0.2, -0.15) is 26.3 Å². The summed E-state index contributed by atoms with van der Waals surface area (Å²) >= 11 is 9.27. The lowest BCUT2D eigenvalue weighted by molar-refractivity contribution is -0.143. The number of imide groups is 1. The van der Waals surface area contributed by atoms with E-state index in [9.17, 15) is 50.6 Å². The van der Waals surface area contributed by atoms with Crippen molar-refractivity contribution in [1.29, 1.82) is 0 Å². The number of Topliss-reactive ketones (excluding diaryl/α,β-unsaturated/α-hetero) is 1. The minimum absolute atomic E-state index is 0.00803. The fraction of sp³-hybridized carbons (Fsp3) is 0.267. The van der Waals surface area contributed by atoms with E-state index in [1.807, 2.05) is 0 Å². The van der Waals surface area contributed by atoms with Gasteiger partial charge >= 0.3 is 12.4 Å². The summed E-state index contributed by atoms with van der Waals surface area (Å²) in [7, 11) is 0. The summed E-state index contributed by atoms with van der Waals surface area (Å²) in [5.41, 5.74) is -3.67. The lowest BCUT2D eigenvalue weighted by Crippen LogP contribution is -2.39. The van der Waals surface area contributed by atoms with Gasteiger partial charge in [0, 0.05) is 33.7 Å². The molecule has 4 aliphatic rings. The monoisotopic (exact) mass is 699 g/mol. The highest BCUT2D eigenvalue weighted by atomic mass is 79.9. The van der Waals surface area contributed by atoms with E-state index in [2.05, 4.69) is 15.9 Å². The van der Waals surface area contributed by atoms with Crippen molar-refractivity contribution in [3.8, 4) is 5.75 Å². The standard InChI is InChI=1S/C30H17BrClF6NO5/c31-20-10-22(41)25-19(26(20)42)9-17-15(23(25)18-8-13(32)1-4-21(18)40)2-3-16-24(17)28(44)39(27(16)43)14-6-11(29(33,34)35)5-12(7-14)30(36,37)38/h1-2,4-8,10,16-17,23-24,40H,3,9H2/t16-,17+,23+,24-/m0/s1. The first kappa shape index (κ1) is 30.3. The third-order valence-corrected chi connectivity index (χ3v) is 9.29. The van der Waals surface area contributed by atoms with Gasteiger partial charge in [-0.15, -0.1) is 0 Å². The van der Waals surface area contributed by atoms with E-state index in [1.165, 1.54) is 18.2 Å². The number of nitrogens with zero attached hydrogens (tertiary/aromatic N) is 1. The number of alkyl halides is 6. The third-order valence-electron chi connectivity index (χ3n) is 8.46. The molecule has 1 fully saturated rings. The van der Waals surface area contributed by atoms with E-state index in [4.69, 9.17) is 11.6 Å². The summed E-state index contributed by atoms with van der Waals surface area (Å²) in [6.45, 7) is 0. The average molecular weight is 701 g/mol. The lowest BCUT2D eigenvalue weighted by Gasteiger charge is -2.42. The molecule has 4 atom stereocenters. The molecular formula is C30H17BrClF6NO5. The van der Waals surface area contributed by atoms with Crippen molar-refractivity contribution in [2.24, 2.45) is 17.8 Å². The molecular weight excluding hydrogens is 684 g/mol. The Morgan fingerprint density at radius 2 is 1.52 bits per heavy atom. The quantitative estimate of drug-likeness (QED) is 0.157. The second-order valence-corrected chi connectivity index (χ2v) is 12.2. The van der Waals surface area contributed by atoms with Crippen LogP contribution < -0.4 is 4.90 Å². The summed E-state index contributed by atoms with van der Waals surface area (Å²) in [4.78, 5) is 54.4. The van der Waals surface area contributed by atoms with Crippen LogP contribution in [0.1, 0.15) is 35.4 Å². The van der Waals surface area contributed by atoms with Crippen LogP contribution in [0.25, 0.3) is 0 Å². The largest absolute Gasteiger partial charge is 0.508 e. The molecule has 3 aliphatic carbocycles. The summed E-state index contributed by atoms with van der Waals surface area (Å²) in [5.74, 6) is -7.89. The number of phenols is 1. The van der Waals surface area contributed by atoms with Gasteiger partial charge in [0.25, 0.3) is 0 Å². The normalized spacial score (nSPS) is 25.5. The average Bonchev–Trinajstić information content (AvgIpc) is 3.20. The van der Waals surface area contributed by atoms with Crippen LogP contribution in [0.15, 0.2) is 69.8 Å². The molecule has 0 radical (unpaired) electrons. The van der Waals surface area contributed by atoms with Crippen molar-refractivity contribution in [2.45, 2.75) is 31.1 Å². The number of amides is 2. The topological polar surface area (TPSA) is 91.8 Å². The number of anilines is 1. The number of carbonyl (C=O) groups excluding carboxylic acids is 4. The molecule has 14 heteroatoms. The smallest absolute Gasteiger partial charge is 0.416 e. The summed E-state index contributed by atoms with van der Waals surface area (Å²) < 4.78 is 81.5. The number of rotatable bonds is 2. The summed E-state index contributed by atoms with van der Waals surface area (Å²) in [6, 6.07) is 4.60.